The molecule has 0 aromatic heterocycles. The molecule has 0 aliphatic carbocycles. The number of benzene rings is 2. The van der Waals surface area contributed by atoms with Gasteiger partial charge in [-0.2, -0.15) is 0 Å². The second-order valence-electron chi connectivity index (χ2n) is 6.19. The molecule has 0 heterocycles. The van der Waals surface area contributed by atoms with Gasteiger partial charge in [0.05, 0.1) is 0 Å². The van der Waals surface area contributed by atoms with E-state index >= 15 is 0 Å². The molecule has 2 rings (SSSR count). The lowest BCUT2D eigenvalue weighted by molar-refractivity contribution is -0.114. The monoisotopic (exact) mass is 508 g/mol. The summed E-state index contributed by atoms with van der Waals surface area (Å²) in [4.78, 5) is 15.3. The average Bonchev–Trinajstić information content (AvgIpc) is 2.70. The summed E-state index contributed by atoms with van der Waals surface area (Å²) in [5.74, 6) is 1.50. The minimum Gasteiger partial charge on any atom is -0.489 e. The molecule has 2 aromatic carbocycles. The maximum absolute atomic E-state index is 11.1. The van der Waals surface area contributed by atoms with Crippen molar-refractivity contribution in [2.45, 2.75) is 19.9 Å². The van der Waals surface area contributed by atoms with E-state index in [1.807, 2.05) is 48.5 Å². The van der Waals surface area contributed by atoms with Crippen LogP contribution in [0.15, 0.2) is 66.2 Å². The van der Waals surface area contributed by atoms with Crippen LogP contribution in [0.25, 0.3) is 0 Å². The topological polar surface area (TPSA) is 74.8 Å². The molecule has 1 amide bonds. The van der Waals surface area contributed by atoms with Gasteiger partial charge in [-0.3, -0.25) is 9.79 Å². The number of para-hydroxylation sites is 1. The zero-order valence-corrected chi connectivity index (χ0v) is 19.2. The first-order valence-electron chi connectivity index (χ1n) is 9.25. The first-order chi connectivity index (χ1) is 13.6. The maximum atomic E-state index is 11.1. The summed E-state index contributed by atoms with van der Waals surface area (Å²) < 4.78 is 5.68. The molecule has 6 nitrogen and oxygen atoms in total. The number of carbonyl (C=O) groups is 1. The van der Waals surface area contributed by atoms with Crippen LogP contribution in [-0.2, 0) is 17.8 Å². The number of hydrogen-bond acceptors (Lipinski definition) is 3. The normalized spacial score (nSPS) is 10.5. The van der Waals surface area contributed by atoms with Crippen LogP contribution >= 0.6 is 24.0 Å². The van der Waals surface area contributed by atoms with Crippen molar-refractivity contribution in [3.05, 3.63) is 72.3 Å². The fourth-order valence-corrected chi connectivity index (χ4v) is 2.62. The Bertz CT molecular complexity index is 807. The zero-order valence-electron chi connectivity index (χ0n) is 16.9. The molecule has 0 aliphatic heterocycles. The van der Waals surface area contributed by atoms with Gasteiger partial charge in [0.25, 0.3) is 0 Å². The third-order valence-corrected chi connectivity index (χ3v) is 3.98. The molecule has 0 saturated heterocycles. The second kappa shape index (κ2) is 13.6. The summed E-state index contributed by atoms with van der Waals surface area (Å²) in [6, 6.07) is 15.7. The Labute approximate surface area is 189 Å². The van der Waals surface area contributed by atoms with Crippen LogP contribution < -0.4 is 20.7 Å². The van der Waals surface area contributed by atoms with Crippen molar-refractivity contribution < 1.29 is 9.53 Å². The van der Waals surface area contributed by atoms with E-state index in [1.165, 1.54) is 12.5 Å². The van der Waals surface area contributed by atoms with Gasteiger partial charge in [0.1, 0.15) is 12.4 Å². The Morgan fingerprint density at radius 1 is 1.14 bits per heavy atom. The quantitative estimate of drug-likeness (QED) is 0.209. The number of nitrogens with zero attached hydrogens (tertiary/aromatic N) is 1. The van der Waals surface area contributed by atoms with Gasteiger partial charge in [-0.25, -0.2) is 0 Å². The summed E-state index contributed by atoms with van der Waals surface area (Å²) in [6.45, 7) is 7.01. The van der Waals surface area contributed by atoms with Gasteiger partial charge in [0.2, 0.25) is 5.91 Å². The van der Waals surface area contributed by atoms with Crippen molar-refractivity contribution in [1.82, 2.24) is 10.6 Å². The largest absolute Gasteiger partial charge is 0.489 e. The lowest BCUT2D eigenvalue weighted by atomic mass is 10.1. The summed E-state index contributed by atoms with van der Waals surface area (Å²) in [5, 5.41) is 9.38. The molecular weight excluding hydrogens is 479 g/mol. The van der Waals surface area contributed by atoms with Crippen LogP contribution in [0.3, 0.4) is 0 Å². The molecule has 156 valence electrons. The maximum Gasteiger partial charge on any atom is 0.221 e. The van der Waals surface area contributed by atoms with Crippen LogP contribution in [0.2, 0.25) is 0 Å². The van der Waals surface area contributed by atoms with Crippen LogP contribution in [0.5, 0.6) is 5.75 Å². The highest BCUT2D eigenvalue weighted by Gasteiger charge is 2.04. The van der Waals surface area contributed by atoms with Gasteiger partial charge in [0.15, 0.2) is 5.96 Å². The highest BCUT2D eigenvalue weighted by Crippen LogP contribution is 2.17. The van der Waals surface area contributed by atoms with E-state index in [-0.39, 0.29) is 29.9 Å². The summed E-state index contributed by atoms with van der Waals surface area (Å²) >= 11 is 0. The average molecular weight is 508 g/mol. The molecular formula is C22H29IN4O2. The lowest BCUT2D eigenvalue weighted by Crippen LogP contribution is -2.37. The number of halogens is 1. The summed E-state index contributed by atoms with van der Waals surface area (Å²) in [6.07, 6.45) is 2.58. The molecule has 0 saturated carbocycles. The van der Waals surface area contributed by atoms with E-state index in [9.17, 15) is 4.79 Å². The van der Waals surface area contributed by atoms with Gasteiger partial charge in [-0.1, -0.05) is 43.0 Å². The van der Waals surface area contributed by atoms with Crippen molar-refractivity contribution in [2.75, 3.05) is 25.5 Å². The van der Waals surface area contributed by atoms with Crippen LogP contribution in [0.1, 0.15) is 18.1 Å². The molecule has 3 N–H and O–H groups in total. The summed E-state index contributed by atoms with van der Waals surface area (Å²) in [5.41, 5.74) is 3.04. The number of hydrogen-bond donors (Lipinski definition) is 3. The van der Waals surface area contributed by atoms with Gasteiger partial charge in [-0.15, -0.1) is 24.0 Å². The smallest absolute Gasteiger partial charge is 0.221 e. The van der Waals surface area contributed by atoms with Crippen LogP contribution in [0, 0.1) is 0 Å². The fourth-order valence-electron chi connectivity index (χ4n) is 2.62. The SMILES string of the molecule is C=CCOc1ccccc1CNC(=NC)NCCc1ccc(NC(C)=O)cc1.I. The van der Waals surface area contributed by atoms with Crippen LogP contribution in [0.4, 0.5) is 5.69 Å². The first-order valence-corrected chi connectivity index (χ1v) is 9.25. The van der Waals surface area contributed by atoms with Gasteiger partial charge in [-0.05, 0) is 30.2 Å². The van der Waals surface area contributed by atoms with Crippen molar-refractivity contribution in [3.63, 3.8) is 0 Å². The molecule has 0 bridgehead atoms. The van der Waals surface area contributed by atoms with E-state index < -0.39 is 0 Å². The van der Waals surface area contributed by atoms with E-state index in [0.29, 0.717) is 13.2 Å². The first kappa shape index (κ1) is 24.5. The fraction of sp³-hybridized carbons (Fsp3) is 0.273. The predicted octanol–water partition coefficient (Wildman–Crippen LogP) is 3.74. The van der Waals surface area contributed by atoms with Crippen molar-refractivity contribution in [2.24, 2.45) is 4.99 Å². The minimum absolute atomic E-state index is 0. The van der Waals surface area contributed by atoms with Crippen molar-refractivity contribution >= 4 is 41.5 Å². The van der Waals surface area contributed by atoms with E-state index in [1.54, 1.807) is 13.1 Å². The number of aliphatic imine (C=N–C) groups is 1. The molecule has 0 atom stereocenters. The van der Waals surface area contributed by atoms with E-state index in [0.717, 1.165) is 35.9 Å². The highest BCUT2D eigenvalue weighted by molar-refractivity contribution is 14.0. The number of ether oxygens (including phenoxy) is 1. The van der Waals surface area contributed by atoms with Crippen molar-refractivity contribution in [3.8, 4) is 5.75 Å². The molecule has 0 unspecified atom stereocenters. The molecule has 0 aliphatic rings. The molecule has 0 spiro atoms. The Morgan fingerprint density at radius 3 is 2.52 bits per heavy atom. The second-order valence-corrected chi connectivity index (χ2v) is 6.19. The Hall–Kier alpha value is -2.55. The minimum atomic E-state index is -0.0687. The standard InChI is InChI=1S/C22H28N4O2.HI/c1-4-15-28-21-8-6-5-7-19(21)16-25-22(23-3)24-14-13-18-9-11-20(12-10-18)26-17(2)27;/h4-12H,1,13-16H2,2-3H3,(H,26,27)(H2,23,24,25);1H. The molecule has 7 heteroatoms. The number of rotatable bonds is 9. The lowest BCUT2D eigenvalue weighted by Gasteiger charge is -2.14. The predicted molar refractivity (Wildman–Crippen MR) is 130 cm³/mol. The van der Waals surface area contributed by atoms with Gasteiger partial charge < -0.3 is 20.7 Å². The number of nitrogens with one attached hydrogen (secondary N) is 3. The zero-order chi connectivity index (χ0) is 20.2. The Morgan fingerprint density at radius 2 is 1.86 bits per heavy atom. The number of guanidine groups is 1. The summed E-state index contributed by atoms with van der Waals surface area (Å²) in [7, 11) is 1.75. The Kier molecular flexibility index (Phi) is 11.5. The van der Waals surface area contributed by atoms with E-state index in [4.69, 9.17) is 4.74 Å². The third-order valence-electron chi connectivity index (χ3n) is 3.98. The van der Waals surface area contributed by atoms with Crippen molar-refractivity contribution in [1.29, 1.82) is 0 Å². The molecule has 2 aromatic rings. The third kappa shape index (κ3) is 8.99. The molecule has 0 radical (unpaired) electrons. The van der Waals surface area contributed by atoms with Crippen LogP contribution in [-0.4, -0.2) is 32.1 Å². The molecule has 29 heavy (non-hydrogen) atoms. The Balaban J connectivity index is 0.00000420. The van der Waals surface area contributed by atoms with Gasteiger partial charge in [0, 0.05) is 38.3 Å². The van der Waals surface area contributed by atoms with Gasteiger partial charge >= 0.3 is 0 Å². The molecule has 0 fully saturated rings. The highest BCUT2D eigenvalue weighted by atomic mass is 127. The van der Waals surface area contributed by atoms with E-state index in [2.05, 4.69) is 27.5 Å². The number of anilines is 1. The number of carbonyl (C=O) groups excluding carboxylic acids is 1. The number of amides is 1.